The molecular formula is C12H18N2O3S. The van der Waals surface area contributed by atoms with Crippen molar-refractivity contribution < 1.29 is 13.2 Å². The summed E-state index contributed by atoms with van der Waals surface area (Å²) >= 11 is 0. The molecule has 0 bridgehead atoms. The molecule has 0 saturated carbocycles. The Morgan fingerprint density at radius 3 is 2.83 bits per heavy atom. The molecule has 100 valence electrons. The Morgan fingerprint density at radius 2 is 2.22 bits per heavy atom. The van der Waals surface area contributed by atoms with Gasteiger partial charge in [0.15, 0.2) is 0 Å². The molecule has 5 nitrogen and oxygen atoms in total. The Kier molecular flexibility index (Phi) is 5.18. The van der Waals surface area contributed by atoms with Crippen molar-refractivity contribution >= 4 is 15.7 Å². The minimum atomic E-state index is -3.61. The van der Waals surface area contributed by atoms with Crippen molar-refractivity contribution in [3.05, 3.63) is 30.9 Å². The first-order chi connectivity index (χ1) is 8.51. The topological polar surface area (TPSA) is 81.4 Å². The Hall–Kier alpha value is -1.53. The Bertz CT molecular complexity index is 512. The molecule has 0 atom stereocenters. The summed E-state index contributed by atoms with van der Waals surface area (Å²) in [5.74, 6) is 0.304. The van der Waals surface area contributed by atoms with Crippen LogP contribution in [0.15, 0.2) is 35.7 Å². The van der Waals surface area contributed by atoms with E-state index in [1.807, 2.05) is 0 Å². The number of nitrogens with two attached hydrogens (primary N) is 1. The van der Waals surface area contributed by atoms with Crippen LogP contribution in [0.2, 0.25) is 0 Å². The third-order valence-electron chi connectivity index (χ3n) is 2.20. The van der Waals surface area contributed by atoms with E-state index in [4.69, 9.17) is 10.5 Å². The molecule has 6 heteroatoms. The summed E-state index contributed by atoms with van der Waals surface area (Å²) in [6.07, 6.45) is 2.21. The standard InChI is InChI=1S/C12H18N2O3S/c1-3-5-8-14-18(15,16)12-9-10(13)6-7-11(12)17-4-2/h3,6-7,9,14H,1,4-5,8,13H2,2H3. The third-order valence-corrected chi connectivity index (χ3v) is 3.68. The first-order valence-corrected chi connectivity index (χ1v) is 7.12. The number of nitrogen functional groups attached to an aromatic ring is 1. The molecule has 0 aliphatic rings. The van der Waals surface area contributed by atoms with Gasteiger partial charge in [-0.2, -0.15) is 0 Å². The fourth-order valence-corrected chi connectivity index (χ4v) is 2.61. The van der Waals surface area contributed by atoms with Gasteiger partial charge in [-0.25, -0.2) is 13.1 Å². The van der Waals surface area contributed by atoms with Gasteiger partial charge in [0, 0.05) is 12.2 Å². The highest BCUT2D eigenvalue weighted by molar-refractivity contribution is 7.89. The van der Waals surface area contributed by atoms with Crippen molar-refractivity contribution in [3.63, 3.8) is 0 Å². The van der Waals surface area contributed by atoms with Crippen LogP contribution < -0.4 is 15.2 Å². The zero-order valence-electron chi connectivity index (χ0n) is 10.3. The first-order valence-electron chi connectivity index (χ1n) is 5.64. The number of anilines is 1. The van der Waals surface area contributed by atoms with E-state index in [2.05, 4.69) is 11.3 Å². The highest BCUT2D eigenvalue weighted by atomic mass is 32.2. The molecule has 0 unspecified atom stereocenters. The van der Waals surface area contributed by atoms with Crippen molar-refractivity contribution in [1.82, 2.24) is 4.72 Å². The van der Waals surface area contributed by atoms with E-state index < -0.39 is 10.0 Å². The van der Waals surface area contributed by atoms with E-state index in [-0.39, 0.29) is 4.90 Å². The van der Waals surface area contributed by atoms with Gasteiger partial charge in [-0.3, -0.25) is 0 Å². The minimum absolute atomic E-state index is 0.0633. The van der Waals surface area contributed by atoms with Crippen LogP contribution in [0, 0.1) is 0 Å². The fraction of sp³-hybridized carbons (Fsp3) is 0.333. The van der Waals surface area contributed by atoms with Crippen molar-refractivity contribution in [2.75, 3.05) is 18.9 Å². The molecule has 0 aromatic heterocycles. The fourth-order valence-electron chi connectivity index (χ4n) is 1.38. The van der Waals surface area contributed by atoms with Crippen LogP contribution in [0.1, 0.15) is 13.3 Å². The van der Waals surface area contributed by atoms with Gasteiger partial charge in [-0.1, -0.05) is 6.08 Å². The van der Waals surface area contributed by atoms with Crippen molar-refractivity contribution in [2.45, 2.75) is 18.2 Å². The largest absolute Gasteiger partial charge is 0.492 e. The quantitative estimate of drug-likeness (QED) is 0.447. The van der Waals surface area contributed by atoms with E-state index in [0.717, 1.165) is 0 Å². The van der Waals surface area contributed by atoms with Crippen LogP contribution in [0.5, 0.6) is 5.75 Å². The second-order valence-corrected chi connectivity index (χ2v) is 5.35. The smallest absolute Gasteiger partial charge is 0.244 e. The summed E-state index contributed by atoms with van der Waals surface area (Å²) in [4.78, 5) is 0.0633. The molecule has 1 rings (SSSR count). The van der Waals surface area contributed by atoms with E-state index in [1.54, 1.807) is 25.1 Å². The number of hydrogen-bond donors (Lipinski definition) is 2. The van der Waals surface area contributed by atoms with Gasteiger partial charge in [0.1, 0.15) is 10.6 Å². The minimum Gasteiger partial charge on any atom is -0.492 e. The Labute approximate surface area is 108 Å². The predicted octanol–water partition coefficient (Wildman–Crippen LogP) is 1.52. The second-order valence-electron chi connectivity index (χ2n) is 3.61. The monoisotopic (exact) mass is 270 g/mol. The van der Waals surface area contributed by atoms with Crippen LogP contribution in [0.3, 0.4) is 0 Å². The van der Waals surface area contributed by atoms with Crippen LogP contribution >= 0.6 is 0 Å². The van der Waals surface area contributed by atoms with Gasteiger partial charge in [-0.15, -0.1) is 6.58 Å². The first kappa shape index (κ1) is 14.5. The van der Waals surface area contributed by atoms with Crippen LogP contribution in [0.25, 0.3) is 0 Å². The zero-order valence-corrected chi connectivity index (χ0v) is 11.2. The number of rotatable bonds is 7. The lowest BCUT2D eigenvalue weighted by Crippen LogP contribution is -2.25. The molecule has 1 aromatic carbocycles. The molecule has 0 spiro atoms. The van der Waals surface area contributed by atoms with Crippen molar-refractivity contribution in [2.24, 2.45) is 0 Å². The summed E-state index contributed by atoms with van der Waals surface area (Å²) in [5.41, 5.74) is 5.99. The van der Waals surface area contributed by atoms with Gasteiger partial charge >= 0.3 is 0 Å². The van der Waals surface area contributed by atoms with Crippen LogP contribution in [0.4, 0.5) is 5.69 Å². The zero-order chi connectivity index (χ0) is 13.6. The maximum Gasteiger partial charge on any atom is 0.244 e. The number of benzene rings is 1. The third kappa shape index (κ3) is 3.75. The van der Waals surface area contributed by atoms with Crippen molar-refractivity contribution in [1.29, 1.82) is 0 Å². The van der Waals surface area contributed by atoms with Crippen molar-refractivity contribution in [3.8, 4) is 5.75 Å². The maximum absolute atomic E-state index is 12.1. The van der Waals surface area contributed by atoms with Gasteiger partial charge in [0.05, 0.1) is 6.61 Å². The molecule has 0 saturated heterocycles. The average Bonchev–Trinajstić information content (AvgIpc) is 2.32. The van der Waals surface area contributed by atoms with Crippen LogP contribution in [-0.2, 0) is 10.0 Å². The number of nitrogens with one attached hydrogen (secondary N) is 1. The van der Waals surface area contributed by atoms with E-state index >= 15 is 0 Å². The molecule has 0 amide bonds. The van der Waals surface area contributed by atoms with E-state index in [0.29, 0.717) is 31.0 Å². The SMILES string of the molecule is C=CCCNS(=O)(=O)c1cc(N)ccc1OCC. The lowest BCUT2D eigenvalue weighted by atomic mass is 10.3. The molecular weight excluding hydrogens is 252 g/mol. The van der Waals surface area contributed by atoms with Gasteiger partial charge in [0.25, 0.3) is 0 Å². The molecule has 0 radical (unpaired) electrons. The number of hydrogen-bond acceptors (Lipinski definition) is 4. The van der Waals surface area contributed by atoms with E-state index in [9.17, 15) is 8.42 Å². The highest BCUT2D eigenvalue weighted by Crippen LogP contribution is 2.26. The second kappa shape index (κ2) is 6.42. The predicted molar refractivity (Wildman–Crippen MR) is 72.0 cm³/mol. The molecule has 0 aliphatic carbocycles. The molecule has 3 N–H and O–H groups in total. The molecule has 0 fully saturated rings. The maximum atomic E-state index is 12.1. The summed E-state index contributed by atoms with van der Waals surface area (Å²) < 4.78 is 31.9. The highest BCUT2D eigenvalue weighted by Gasteiger charge is 2.19. The summed E-state index contributed by atoms with van der Waals surface area (Å²) in [6, 6.07) is 4.55. The van der Waals surface area contributed by atoms with Gasteiger partial charge < -0.3 is 10.5 Å². The van der Waals surface area contributed by atoms with Crippen LogP contribution in [-0.4, -0.2) is 21.6 Å². The molecule has 0 heterocycles. The summed E-state index contributed by atoms with van der Waals surface area (Å²) in [6.45, 7) is 6.01. The van der Waals surface area contributed by atoms with E-state index in [1.165, 1.54) is 6.07 Å². The summed E-state index contributed by atoms with van der Waals surface area (Å²) in [5, 5.41) is 0. The Balaban J connectivity index is 3.05. The summed E-state index contributed by atoms with van der Waals surface area (Å²) in [7, 11) is -3.61. The van der Waals surface area contributed by atoms with Gasteiger partial charge in [0.2, 0.25) is 10.0 Å². The average molecular weight is 270 g/mol. The molecule has 0 aliphatic heterocycles. The van der Waals surface area contributed by atoms with Gasteiger partial charge in [-0.05, 0) is 31.5 Å². The lowest BCUT2D eigenvalue weighted by Gasteiger charge is -2.12. The Morgan fingerprint density at radius 1 is 1.50 bits per heavy atom. The molecule has 18 heavy (non-hydrogen) atoms. The number of sulfonamides is 1. The normalized spacial score (nSPS) is 11.2. The lowest BCUT2D eigenvalue weighted by molar-refractivity contribution is 0.331. The number of ether oxygens (including phenoxy) is 1. The molecule has 1 aromatic rings.